The normalized spacial score (nSPS) is 12.5. The predicted molar refractivity (Wildman–Crippen MR) is 124 cm³/mol. The van der Waals surface area contributed by atoms with Crippen molar-refractivity contribution in [1.82, 2.24) is 34.3 Å². The van der Waals surface area contributed by atoms with Crippen LogP contribution in [0, 0.1) is 0 Å². The monoisotopic (exact) mass is 515 g/mol. The average molecular weight is 515 g/mol. The number of rotatable bonds is 4. The molecule has 0 atom stereocenters. The van der Waals surface area contributed by atoms with Crippen LogP contribution >= 0.6 is 11.3 Å². The molecule has 0 N–H and O–H groups in total. The first-order chi connectivity index (χ1) is 17.2. The fourth-order valence-corrected chi connectivity index (χ4v) is 5.24. The van der Waals surface area contributed by atoms with E-state index in [1.165, 1.54) is 16.9 Å². The van der Waals surface area contributed by atoms with Gasteiger partial charge in [0, 0.05) is 11.9 Å². The molecule has 0 saturated carbocycles. The lowest BCUT2D eigenvalue weighted by Crippen LogP contribution is -2.13. The van der Waals surface area contributed by atoms with E-state index in [4.69, 9.17) is 0 Å². The van der Waals surface area contributed by atoms with Gasteiger partial charge in [0.1, 0.15) is 32.9 Å². The summed E-state index contributed by atoms with van der Waals surface area (Å²) in [6.45, 7) is 1.57. The molecule has 0 aliphatic carbocycles. The average Bonchev–Trinajstić information content (AvgIpc) is 3.57. The molecule has 5 heterocycles. The molecular formula is C23H14F5N7S. The molecular weight excluding hydrogens is 501 g/mol. The number of hydrogen-bond acceptors (Lipinski definition) is 6. The van der Waals surface area contributed by atoms with Gasteiger partial charge in [-0.15, -0.1) is 16.4 Å². The first kappa shape index (κ1) is 22.5. The number of aromatic nitrogens is 7. The summed E-state index contributed by atoms with van der Waals surface area (Å²) in [5, 5.41) is 8.87. The Bertz CT molecular complexity index is 1750. The maximum atomic E-state index is 13.6. The summed E-state index contributed by atoms with van der Waals surface area (Å²) in [6.07, 6.45) is -5.97. The third-order valence-corrected chi connectivity index (χ3v) is 6.76. The second-order valence-electron chi connectivity index (χ2n) is 7.90. The van der Waals surface area contributed by atoms with Crippen LogP contribution in [0.2, 0.25) is 0 Å². The molecule has 5 aromatic heterocycles. The highest BCUT2D eigenvalue weighted by Gasteiger charge is 2.36. The van der Waals surface area contributed by atoms with Crippen molar-refractivity contribution in [2.75, 3.05) is 0 Å². The van der Waals surface area contributed by atoms with E-state index < -0.39 is 18.3 Å². The van der Waals surface area contributed by atoms with E-state index in [1.807, 2.05) is 18.2 Å². The molecule has 1 aromatic carbocycles. The molecule has 13 heteroatoms. The molecule has 6 rings (SSSR count). The minimum Gasteiger partial charge on any atom is -0.260 e. The van der Waals surface area contributed by atoms with Crippen molar-refractivity contribution in [1.29, 1.82) is 0 Å². The summed E-state index contributed by atoms with van der Waals surface area (Å²) in [7, 11) is 0. The molecule has 0 spiro atoms. The lowest BCUT2D eigenvalue weighted by molar-refractivity contribution is -0.144. The number of pyridine rings is 1. The first-order valence-electron chi connectivity index (χ1n) is 10.7. The number of fused-ring (bicyclic) bond motifs is 5. The summed E-state index contributed by atoms with van der Waals surface area (Å²) in [4.78, 5) is 13.4. The van der Waals surface area contributed by atoms with Crippen molar-refractivity contribution in [3.63, 3.8) is 0 Å². The second-order valence-corrected chi connectivity index (χ2v) is 8.90. The van der Waals surface area contributed by atoms with Gasteiger partial charge in [0.25, 0.3) is 6.43 Å². The Morgan fingerprint density at radius 3 is 2.47 bits per heavy atom. The van der Waals surface area contributed by atoms with Gasteiger partial charge in [-0.05, 0) is 30.2 Å². The SMILES string of the molecule is CCn1nc(-c2nc3c4sc5nc(C(F)F)cc(-c6ccccc6)c5c4ncn3n2)cc1C(F)(F)F. The molecule has 36 heavy (non-hydrogen) atoms. The minimum absolute atomic E-state index is 0.0102. The smallest absolute Gasteiger partial charge is 0.260 e. The molecule has 0 amide bonds. The van der Waals surface area contributed by atoms with E-state index in [1.54, 1.807) is 19.1 Å². The molecule has 0 saturated heterocycles. The molecule has 6 aromatic rings. The lowest BCUT2D eigenvalue weighted by Gasteiger charge is -2.07. The van der Waals surface area contributed by atoms with Gasteiger partial charge in [-0.3, -0.25) is 4.68 Å². The maximum absolute atomic E-state index is 13.6. The van der Waals surface area contributed by atoms with Crippen molar-refractivity contribution >= 4 is 37.4 Å². The Hall–Kier alpha value is -4.00. The van der Waals surface area contributed by atoms with Gasteiger partial charge in [-0.2, -0.15) is 18.3 Å². The van der Waals surface area contributed by atoms with Crippen LogP contribution in [-0.2, 0) is 12.7 Å². The van der Waals surface area contributed by atoms with Crippen molar-refractivity contribution in [3.05, 3.63) is 60.2 Å². The Labute approximate surface area is 202 Å². The fourth-order valence-electron chi connectivity index (χ4n) is 4.11. The molecule has 0 aliphatic heterocycles. The Kier molecular flexibility index (Phi) is 5.00. The van der Waals surface area contributed by atoms with Crippen LogP contribution in [0.25, 0.3) is 48.7 Å². The van der Waals surface area contributed by atoms with Crippen LogP contribution in [0.4, 0.5) is 22.0 Å². The van der Waals surface area contributed by atoms with Crippen LogP contribution in [0.3, 0.4) is 0 Å². The van der Waals surface area contributed by atoms with Crippen molar-refractivity contribution < 1.29 is 22.0 Å². The van der Waals surface area contributed by atoms with Gasteiger partial charge in [0.05, 0.1) is 5.52 Å². The van der Waals surface area contributed by atoms with E-state index in [9.17, 15) is 22.0 Å². The molecule has 0 fully saturated rings. The van der Waals surface area contributed by atoms with Crippen molar-refractivity contribution in [2.24, 2.45) is 0 Å². The molecule has 0 unspecified atom stereocenters. The third kappa shape index (κ3) is 3.49. The molecule has 0 radical (unpaired) electrons. The number of halogens is 5. The van der Waals surface area contributed by atoms with Crippen LogP contribution in [0.15, 0.2) is 48.8 Å². The Balaban J connectivity index is 1.60. The van der Waals surface area contributed by atoms with E-state index in [-0.39, 0.29) is 23.8 Å². The summed E-state index contributed by atoms with van der Waals surface area (Å²) in [6, 6.07) is 11.3. The second kappa shape index (κ2) is 8.01. The maximum Gasteiger partial charge on any atom is 0.433 e. The number of benzene rings is 1. The van der Waals surface area contributed by atoms with Gasteiger partial charge in [-0.1, -0.05) is 30.3 Å². The number of alkyl halides is 5. The van der Waals surface area contributed by atoms with Crippen molar-refractivity contribution in [3.8, 4) is 22.6 Å². The first-order valence-corrected chi connectivity index (χ1v) is 11.5. The Morgan fingerprint density at radius 2 is 1.81 bits per heavy atom. The predicted octanol–water partition coefficient (Wildman–Crippen LogP) is 6.39. The topological polar surface area (TPSA) is 73.8 Å². The molecule has 0 aliphatic rings. The number of hydrogen-bond donors (Lipinski definition) is 0. The van der Waals surface area contributed by atoms with Crippen LogP contribution in [0.1, 0.15) is 24.7 Å². The Morgan fingerprint density at radius 1 is 1.03 bits per heavy atom. The van der Waals surface area contributed by atoms with E-state index >= 15 is 0 Å². The minimum atomic E-state index is -4.58. The van der Waals surface area contributed by atoms with E-state index in [2.05, 4.69) is 25.1 Å². The number of aryl methyl sites for hydroxylation is 1. The van der Waals surface area contributed by atoms with E-state index in [0.29, 0.717) is 31.6 Å². The van der Waals surface area contributed by atoms with Gasteiger partial charge >= 0.3 is 6.18 Å². The van der Waals surface area contributed by atoms with Crippen LogP contribution in [-0.4, -0.2) is 34.3 Å². The highest BCUT2D eigenvalue weighted by atomic mass is 32.1. The largest absolute Gasteiger partial charge is 0.433 e. The summed E-state index contributed by atoms with van der Waals surface area (Å²) in [5.41, 5.74) is 0.774. The van der Waals surface area contributed by atoms with Crippen LogP contribution in [0.5, 0.6) is 0 Å². The van der Waals surface area contributed by atoms with Gasteiger partial charge in [0.2, 0.25) is 5.82 Å². The zero-order valence-electron chi connectivity index (χ0n) is 18.3. The summed E-state index contributed by atoms with van der Waals surface area (Å²) in [5.74, 6) is -0.0102. The van der Waals surface area contributed by atoms with Gasteiger partial charge in [-0.25, -0.2) is 28.2 Å². The zero-order valence-corrected chi connectivity index (χ0v) is 19.1. The van der Waals surface area contributed by atoms with Crippen LogP contribution < -0.4 is 0 Å². The molecule has 182 valence electrons. The quantitative estimate of drug-likeness (QED) is 0.254. The highest BCUT2D eigenvalue weighted by molar-refractivity contribution is 7.26. The highest BCUT2D eigenvalue weighted by Crippen LogP contribution is 2.41. The molecule has 0 bridgehead atoms. The number of nitrogens with zero attached hydrogens (tertiary/aromatic N) is 7. The third-order valence-electron chi connectivity index (χ3n) is 5.69. The summed E-state index contributed by atoms with van der Waals surface area (Å²) < 4.78 is 70.2. The van der Waals surface area contributed by atoms with Gasteiger partial charge < -0.3 is 0 Å². The number of thiophene rings is 1. The fraction of sp³-hybridized carbons (Fsp3) is 0.174. The molecule has 7 nitrogen and oxygen atoms in total. The van der Waals surface area contributed by atoms with Crippen molar-refractivity contribution in [2.45, 2.75) is 26.1 Å². The van der Waals surface area contributed by atoms with Gasteiger partial charge in [0.15, 0.2) is 5.65 Å². The zero-order chi connectivity index (χ0) is 25.2. The van der Waals surface area contributed by atoms with E-state index in [0.717, 1.165) is 27.6 Å². The standard InChI is InChI=1S/C23H14F5N7S/c1-2-34-15(23(26,27)28)9-14(32-34)20-31-21-18-17(29-10-35(21)33-20)16-12(11-6-4-3-5-7-11)8-13(19(24)25)30-22(16)36-18/h3-10,19H,2H2,1H3. The summed E-state index contributed by atoms with van der Waals surface area (Å²) >= 11 is 1.12. The lowest BCUT2D eigenvalue weighted by atomic mass is 10.0.